The van der Waals surface area contributed by atoms with Gasteiger partial charge in [-0.3, -0.25) is 0 Å². The molecule has 5 nitrogen and oxygen atoms in total. The van der Waals surface area contributed by atoms with Crippen molar-refractivity contribution in [1.29, 1.82) is 0 Å². The Bertz CT molecular complexity index is 767. The Morgan fingerprint density at radius 1 is 1.24 bits per heavy atom. The summed E-state index contributed by atoms with van der Waals surface area (Å²) in [5, 5.41) is 22.1. The molecule has 29 heavy (non-hydrogen) atoms. The maximum absolute atomic E-state index is 12.3. The van der Waals surface area contributed by atoms with Crippen LogP contribution in [0, 0.1) is 0 Å². The Balaban J connectivity index is 2.00. The quantitative estimate of drug-likeness (QED) is 0.428. The van der Waals surface area contributed by atoms with Gasteiger partial charge in [0.25, 0.3) is 0 Å². The summed E-state index contributed by atoms with van der Waals surface area (Å²) < 4.78 is 4.99. The zero-order chi connectivity index (χ0) is 21.0. The minimum atomic E-state index is -0.352. The van der Waals surface area contributed by atoms with Crippen molar-refractivity contribution in [2.45, 2.75) is 90.1 Å². The summed E-state index contributed by atoms with van der Waals surface area (Å²) in [5.74, 6) is 0.339. The van der Waals surface area contributed by atoms with E-state index in [2.05, 4.69) is 19.9 Å². The number of ether oxygens (including phenoxy) is 1. The molecule has 2 N–H and O–H groups in total. The van der Waals surface area contributed by atoms with Crippen LogP contribution in [0.1, 0.15) is 87.8 Å². The predicted octanol–water partition coefficient (Wildman–Crippen LogP) is 5.78. The summed E-state index contributed by atoms with van der Waals surface area (Å²) in [6.07, 6.45) is 10.8. The fraction of sp³-hybridized carbons (Fsp3) is 0.625. The summed E-state index contributed by atoms with van der Waals surface area (Å²) in [6, 6.07) is 2.00. The van der Waals surface area contributed by atoms with E-state index < -0.39 is 0 Å². The molecular weight excluding hydrogens is 366 g/mol. The molecule has 0 aromatic heterocycles. The number of carbonyl (C=O) groups excluding carboxylic acids is 1. The molecule has 0 aliphatic heterocycles. The van der Waals surface area contributed by atoms with Gasteiger partial charge in [-0.2, -0.15) is 0 Å². The van der Waals surface area contributed by atoms with E-state index in [0.717, 1.165) is 68.9 Å². The van der Waals surface area contributed by atoms with Crippen LogP contribution in [-0.2, 0) is 17.7 Å². The number of nitrogens with zero attached hydrogens (tertiary/aromatic N) is 1. The number of rotatable bonds is 8. The van der Waals surface area contributed by atoms with Crippen molar-refractivity contribution in [1.82, 2.24) is 4.90 Å². The smallest absolute Gasteiger partial charge is 0.410 e. The second kappa shape index (κ2) is 9.55. The van der Waals surface area contributed by atoms with Gasteiger partial charge >= 0.3 is 6.09 Å². The molecule has 1 atom stereocenters. The second-order valence-corrected chi connectivity index (χ2v) is 8.59. The number of aryl methyl sites for hydroxylation is 1. The van der Waals surface area contributed by atoms with Gasteiger partial charge in [-0.15, -0.1) is 0 Å². The molecule has 3 rings (SSSR count). The number of methoxy groups -OCH3 is 1. The molecule has 2 aliphatic rings. The number of phenols is 2. The highest BCUT2D eigenvalue weighted by molar-refractivity contribution is 5.69. The highest BCUT2D eigenvalue weighted by Gasteiger charge is 2.35. The fourth-order valence-electron chi connectivity index (χ4n) is 4.45. The Labute approximate surface area is 174 Å². The van der Waals surface area contributed by atoms with Gasteiger partial charge in [-0.05, 0) is 63.5 Å². The summed E-state index contributed by atoms with van der Waals surface area (Å²) in [5.41, 5.74) is 3.60. The highest BCUT2D eigenvalue weighted by Crippen LogP contribution is 2.45. The molecule has 0 heterocycles. The standard InChI is InChI=1S/C24H35NO4/c1-4-5-6-9-17-14-21(26)22(18-10-7-8-16(2)13-18)23(27)20(17)15-25(19-11-12-19)24(28)29-3/h13-14,18-19,26-27H,4-12,15H2,1-3H3. The Hall–Kier alpha value is -2.17. The lowest BCUT2D eigenvalue weighted by molar-refractivity contribution is 0.117. The van der Waals surface area contributed by atoms with E-state index >= 15 is 0 Å². The average molecular weight is 402 g/mol. The van der Waals surface area contributed by atoms with Gasteiger partial charge in [-0.25, -0.2) is 4.79 Å². The molecule has 160 valence electrons. The van der Waals surface area contributed by atoms with Crippen LogP contribution in [-0.4, -0.2) is 34.4 Å². The SMILES string of the molecule is CCCCCc1cc(O)c(C2C=C(C)CCC2)c(O)c1CN(C(=O)OC)C1CC1. The van der Waals surface area contributed by atoms with E-state index in [1.54, 1.807) is 4.90 Å². The van der Waals surface area contributed by atoms with E-state index in [1.807, 2.05) is 6.07 Å². The molecule has 1 unspecified atom stereocenters. The second-order valence-electron chi connectivity index (χ2n) is 8.59. The van der Waals surface area contributed by atoms with E-state index in [0.29, 0.717) is 12.1 Å². The molecule has 5 heteroatoms. The third kappa shape index (κ3) is 5.06. The molecule has 2 aliphatic carbocycles. The first-order chi connectivity index (χ1) is 14.0. The van der Waals surface area contributed by atoms with Crippen LogP contribution in [0.15, 0.2) is 17.7 Å². The van der Waals surface area contributed by atoms with E-state index in [9.17, 15) is 15.0 Å². The topological polar surface area (TPSA) is 70.0 Å². The van der Waals surface area contributed by atoms with Crippen molar-refractivity contribution in [3.8, 4) is 11.5 Å². The van der Waals surface area contributed by atoms with Gasteiger partial charge < -0.3 is 19.8 Å². The van der Waals surface area contributed by atoms with Crippen LogP contribution in [0.5, 0.6) is 11.5 Å². The number of amides is 1. The molecule has 1 aromatic carbocycles. The summed E-state index contributed by atoms with van der Waals surface area (Å²) >= 11 is 0. The average Bonchev–Trinajstić information content (AvgIpc) is 3.52. The largest absolute Gasteiger partial charge is 0.507 e. The van der Waals surface area contributed by atoms with Gasteiger partial charge in [-0.1, -0.05) is 31.4 Å². The lowest BCUT2D eigenvalue weighted by Gasteiger charge is -2.27. The summed E-state index contributed by atoms with van der Waals surface area (Å²) in [4.78, 5) is 14.1. The Morgan fingerprint density at radius 2 is 2.00 bits per heavy atom. The van der Waals surface area contributed by atoms with Crippen molar-refractivity contribution in [3.63, 3.8) is 0 Å². The number of phenolic OH excluding ortho intramolecular Hbond substituents is 2. The highest BCUT2D eigenvalue weighted by atomic mass is 16.5. The van der Waals surface area contributed by atoms with E-state index in [4.69, 9.17) is 4.74 Å². The number of unbranched alkanes of at least 4 members (excludes halogenated alkanes) is 2. The monoisotopic (exact) mass is 401 g/mol. The number of carbonyl (C=O) groups is 1. The van der Waals surface area contributed by atoms with Gasteiger partial charge in [0.15, 0.2) is 0 Å². The van der Waals surface area contributed by atoms with Crippen LogP contribution in [0.2, 0.25) is 0 Å². The molecule has 1 amide bonds. The number of hydrogen-bond acceptors (Lipinski definition) is 4. The maximum atomic E-state index is 12.3. The van der Waals surface area contributed by atoms with Gasteiger partial charge in [0.2, 0.25) is 0 Å². The van der Waals surface area contributed by atoms with Gasteiger partial charge in [0.1, 0.15) is 11.5 Å². The van der Waals surface area contributed by atoms with Gasteiger partial charge in [0, 0.05) is 23.1 Å². The third-order valence-corrected chi connectivity index (χ3v) is 6.23. The molecule has 0 saturated heterocycles. The lowest BCUT2D eigenvalue weighted by Crippen LogP contribution is -2.33. The zero-order valence-electron chi connectivity index (χ0n) is 18.0. The first-order valence-corrected chi connectivity index (χ1v) is 11.0. The molecular formula is C24H35NO4. The molecule has 1 fully saturated rings. The van der Waals surface area contributed by atoms with E-state index in [1.165, 1.54) is 12.7 Å². The van der Waals surface area contributed by atoms with Crippen LogP contribution in [0.3, 0.4) is 0 Å². The molecule has 1 saturated carbocycles. The molecule has 0 radical (unpaired) electrons. The number of aromatic hydroxyl groups is 2. The van der Waals surface area contributed by atoms with Crippen LogP contribution in [0.25, 0.3) is 0 Å². The minimum absolute atomic E-state index is 0.0136. The third-order valence-electron chi connectivity index (χ3n) is 6.23. The van der Waals surface area contributed by atoms with Crippen molar-refractivity contribution in [2.24, 2.45) is 0 Å². The van der Waals surface area contributed by atoms with Gasteiger partial charge in [0.05, 0.1) is 13.7 Å². The van der Waals surface area contributed by atoms with Crippen LogP contribution in [0.4, 0.5) is 4.79 Å². The van der Waals surface area contributed by atoms with Crippen molar-refractivity contribution < 1.29 is 19.7 Å². The van der Waals surface area contributed by atoms with Crippen LogP contribution < -0.4 is 0 Å². The Kier molecular flexibility index (Phi) is 7.09. The predicted molar refractivity (Wildman–Crippen MR) is 114 cm³/mol. The fourth-order valence-corrected chi connectivity index (χ4v) is 4.45. The Morgan fingerprint density at radius 3 is 2.62 bits per heavy atom. The molecule has 0 bridgehead atoms. The molecule has 0 spiro atoms. The summed E-state index contributed by atoms with van der Waals surface area (Å²) in [7, 11) is 1.40. The number of allylic oxidation sites excluding steroid dienone is 2. The lowest BCUT2D eigenvalue weighted by atomic mass is 9.83. The number of benzene rings is 1. The first-order valence-electron chi connectivity index (χ1n) is 11.0. The van der Waals surface area contributed by atoms with Crippen molar-refractivity contribution in [2.75, 3.05) is 7.11 Å². The first kappa shape index (κ1) is 21.5. The summed E-state index contributed by atoms with van der Waals surface area (Å²) in [6.45, 7) is 4.59. The normalized spacial score (nSPS) is 19.0. The maximum Gasteiger partial charge on any atom is 0.410 e. The van der Waals surface area contributed by atoms with Crippen molar-refractivity contribution >= 4 is 6.09 Å². The number of hydrogen-bond donors (Lipinski definition) is 2. The van der Waals surface area contributed by atoms with Crippen molar-refractivity contribution in [3.05, 3.63) is 34.4 Å². The van der Waals surface area contributed by atoms with E-state index in [-0.39, 0.29) is 29.6 Å². The minimum Gasteiger partial charge on any atom is -0.507 e. The zero-order valence-corrected chi connectivity index (χ0v) is 18.0. The van der Waals surface area contributed by atoms with Crippen LogP contribution >= 0.6 is 0 Å². The molecule has 1 aromatic rings.